The van der Waals surface area contributed by atoms with Gasteiger partial charge in [-0.2, -0.15) is 0 Å². The van der Waals surface area contributed by atoms with E-state index in [9.17, 15) is 14.7 Å². The summed E-state index contributed by atoms with van der Waals surface area (Å²) in [5, 5.41) is 15.4. The largest absolute Gasteiger partial charge is 0.489 e. The van der Waals surface area contributed by atoms with Gasteiger partial charge in [0.2, 0.25) is 5.91 Å². The van der Waals surface area contributed by atoms with Crippen LogP contribution in [0.5, 0.6) is 17.2 Å². The van der Waals surface area contributed by atoms with Crippen LogP contribution in [0.4, 0.5) is 0 Å². The molecule has 1 aromatic heterocycles. The third-order valence-electron chi connectivity index (χ3n) is 12.0. The van der Waals surface area contributed by atoms with Gasteiger partial charge in [0.25, 0.3) is 0 Å². The number of fused-ring (bicyclic) bond motifs is 3. The van der Waals surface area contributed by atoms with Gasteiger partial charge in [-0.05, 0) is 106 Å². The van der Waals surface area contributed by atoms with Gasteiger partial charge in [0.05, 0.1) is 21.6 Å². The molecule has 0 fully saturated rings. The number of nitrogens with one attached hydrogen (secondary N) is 1. The molecule has 9 nitrogen and oxygen atoms in total. The number of aliphatic carboxylic acids is 1. The highest BCUT2D eigenvalue weighted by atomic mass is 35.5. The Balaban J connectivity index is 0.919. The van der Waals surface area contributed by atoms with E-state index in [0.717, 1.165) is 61.8 Å². The summed E-state index contributed by atoms with van der Waals surface area (Å²) < 4.78 is 18.9. The molecule has 9 rings (SSSR count). The third kappa shape index (κ3) is 9.23. The van der Waals surface area contributed by atoms with E-state index in [1.807, 2.05) is 115 Å². The molecule has 318 valence electrons. The molecule has 0 radical (unpaired) electrons. The first-order valence-electron chi connectivity index (χ1n) is 21.1. The molecule has 11 heteroatoms. The second-order valence-corrected chi connectivity index (χ2v) is 16.8. The number of rotatable bonds is 13. The Morgan fingerprint density at radius 2 is 1.59 bits per heavy atom. The third-order valence-corrected chi connectivity index (χ3v) is 12.7. The van der Waals surface area contributed by atoms with Crippen LogP contribution in [-0.4, -0.2) is 45.6 Å². The number of benzene rings is 6. The van der Waals surface area contributed by atoms with E-state index in [1.165, 1.54) is 0 Å². The van der Waals surface area contributed by atoms with Gasteiger partial charge in [-0.3, -0.25) is 14.7 Å². The number of hydrogen-bond acceptors (Lipinski definition) is 7. The van der Waals surface area contributed by atoms with Gasteiger partial charge in [0.1, 0.15) is 25.0 Å². The number of carboxylic acids is 1. The molecule has 0 bridgehead atoms. The molecule has 2 N–H and O–H groups in total. The second-order valence-electron chi connectivity index (χ2n) is 16.0. The van der Waals surface area contributed by atoms with Crippen molar-refractivity contribution in [2.45, 2.75) is 63.6 Å². The lowest BCUT2D eigenvalue weighted by molar-refractivity contribution is -0.143. The monoisotopic (exact) mass is 877 g/mol. The number of aromatic nitrogens is 1. The van der Waals surface area contributed by atoms with Gasteiger partial charge in [0.15, 0.2) is 17.6 Å². The summed E-state index contributed by atoms with van der Waals surface area (Å²) in [7, 11) is 0. The van der Waals surface area contributed by atoms with E-state index in [0.29, 0.717) is 53.5 Å². The van der Waals surface area contributed by atoms with E-state index < -0.39 is 18.1 Å². The zero-order chi connectivity index (χ0) is 43.5. The van der Waals surface area contributed by atoms with E-state index in [4.69, 9.17) is 37.4 Å². The molecule has 4 atom stereocenters. The standard InChI is InChI=1S/C52H45Cl2N3O6/c1-2-46(35-8-4-3-5-9-35)57-29-38-28-49-48(62-31-50(63-49)36-17-19-39(20-18-36)61-30-33-14-21-42(53)43(54)24-33)27-37(38)26-47(57)51(58)56-45(52(59)60)25-32-12-15-34(16-13-32)40-22-23-55-44-11-7-6-10-41(40)44/h3-24,27-28,45-47,50H,2,25-26,29-31H2,1H3,(H,56,58)(H,59,60)/t45?,46-,47-,50+/m0/s1. The maximum absolute atomic E-state index is 14.5. The average molecular weight is 879 g/mol. The Morgan fingerprint density at radius 3 is 2.35 bits per heavy atom. The highest BCUT2D eigenvalue weighted by molar-refractivity contribution is 6.42. The van der Waals surface area contributed by atoms with Crippen LogP contribution in [0, 0.1) is 0 Å². The number of carbonyl (C=O) groups is 2. The van der Waals surface area contributed by atoms with Crippen LogP contribution in [-0.2, 0) is 35.6 Å². The van der Waals surface area contributed by atoms with Crippen LogP contribution in [0.1, 0.15) is 58.9 Å². The molecule has 1 unspecified atom stereocenters. The van der Waals surface area contributed by atoms with Crippen LogP contribution in [0.2, 0.25) is 10.0 Å². The lowest BCUT2D eigenvalue weighted by Crippen LogP contribution is -2.55. The van der Waals surface area contributed by atoms with Gasteiger partial charge in [-0.15, -0.1) is 0 Å². The van der Waals surface area contributed by atoms with E-state index in [1.54, 1.807) is 18.3 Å². The van der Waals surface area contributed by atoms with Crippen molar-refractivity contribution < 1.29 is 28.9 Å². The molecule has 0 saturated carbocycles. The maximum Gasteiger partial charge on any atom is 0.326 e. The van der Waals surface area contributed by atoms with Crippen LogP contribution >= 0.6 is 23.2 Å². The van der Waals surface area contributed by atoms with Crippen LogP contribution in [0.15, 0.2) is 146 Å². The van der Waals surface area contributed by atoms with Crippen molar-refractivity contribution >= 4 is 46.0 Å². The zero-order valence-corrected chi connectivity index (χ0v) is 36.1. The number of ether oxygens (including phenoxy) is 3. The first-order valence-corrected chi connectivity index (χ1v) is 21.8. The Labute approximate surface area is 376 Å². The van der Waals surface area contributed by atoms with Gasteiger partial charge in [-0.25, -0.2) is 4.79 Å². The summed E-state index contributed by atoms with van der Waals surface area (Å²) in [6.45, 7) is 3.22. The summed E-state index contributed by atoms with van der Waals surface area (Å²) in [5.41, 5.74) is 8.68. The number of halogens is 2. The lowest BCUT2D eigenvalue weighted by Gasteiger charge is -2.42. The van der Waals surface area contributed by atoms with Crippen LogP contribution in [0.3, 0.4) is 0 Å². The quantitative estimate of drug-likeness (QED) is 0.118. The summed E-state index contributed by atoms with van der Waals surface area (Å²) in [6, 6.07) is 43.3. The number of carbonyl (C=O) groups excluding carboxylic acids is 1. The number of amides is 1. The maximum atomic E-state index is 14.5. The predicted molar refractivity (Wildman–Crippen MR) is 246 cm³/mol. The van der Waals surface area contributed by atoms with Gasteiger partial charge in [-0.1, -0.05) is 121 Å². The Morgan fingerprint density at radius 1 is 0.841 bits per heavy atom. The Kier molecular flexibility index (Phi) is 12.3. The topological polar surface area (TPSA) is 110 Å². The number of para-hydroxylation sites is 1. The normalized spacial score (nSPS) is 16.7. The first kappa shape index (κ1) is 41.9. The number of pyridine rings is 1. The second kappa shape index (κ2) is 18.5. The molecule has 0 spiro atoms. The minimum absolute atomic E-state index is 0.103. The van der Waals surface area contributed by atoms with E-state index in [-0.39, 0.29) is 24.5 Å². The molecule has 0 saturated heterocycles. The molecular weight excluding hydrogens is 833 g/mol. The van der Waals surface area contributed by atoms with Crippen molar-refractivity contribution in [1.29, 1.82) is 0 Å². The van der Waals surface area contributed by atoms with E-state index in [2.05, 4.69) is 34.3 Å². The van der Waals surface area contributed by atoms with Gasteiger partial charge in [0, 0.05) is 30.6 Å². The highest BCUT2D eigenvalue weighted by Crippen LogP contribution is 2.43. The van der Waals surface area contributed by atoms with Crippen molar-refractivity contribution in [3.05, 3.63) is 189 Å². The van der Waals surface area contributed by atoms with Crippen molar-refractivity contribution in [3.63, 3.8) is 0 Å². The molecule has 0 aliphatic carbocycles. The fourth-order valence-corrected chi connectivity index (χ4v) is 9.01. The molecule has 6 aromatic carbocycles. The molecule has 2 aliphatic heterocycles. The smallest absolute Gasteiger partial charge is 0.326 e. The minimum Gasteiger partial charge on any atom is -0.489 e. The summed E-state index contributed by atoms with van der Waals surface area (Å²) in [5.74, 6) is 0.528. The van der Waals surface area contributed by atoms with E-state index >= 15 is 0 Å². The van der Waals surface area contributed by atoms with Crippen molar-refractivity contribution in [2.24, 2.45) is 0 Å². The summed E-state index contributed by atoms with van der Waals surface area (Å²) in [4.78, 5) is 33.9. The summed E-state index contributed by atoms with van der Waals surface area (Å²) >= 11 is 12.2. The zero-order valence-electron chi connectivity index (χ0n) is 34.5. The first-order chi connectivity index (χ1) is 30.7. The van der Waals surface area contributed by atoms with Crippen LogP contribution < -0.4 is 19.5 Å². The van der Waals surface area contributed by atoms with Gasteiger partial charge < -0.3 is 24.6 Å². The molecule has 7 aromatic rings. The van der Waals surface area contributed by atoms with Crippen LogP contribution in [0.25, 0.3) is 22.0 Å². The Bertz CT molecular complexity index is 2760. The fraction of sp³-hybridized carbons (Fsp3) is 0.212. The molecule has 3 heterocycles. The lowest BCUT2D eigenvalue weighted by atomic mass is 9.89. The average Bonchev–Trinajstić information content (AvgIpc) is 3.31. The molecule has 1 amide bonds. The number of nitrogens with zero attached hydrogens (tertiary/aromatic N) is 2. The fourth-order valence-electron chi connectivity index (χ4n) is 8.69. The van der Waals surface area contributed by atoms with Crippen molar-refractivity contribution in [2.75, 3.05) is 6.61 Å². The Hall–Kier alpha value is -6.39. The molecule has 63 heavy (non-hydrogen) atoms. The SMILES string of the molecule is CC[C@@H](c1ccccc1)N1Cc2cc3c(cc2C[C@H]1C(=O)NC(Cc1ccc(-c2ccnc4ccccc24)cc1)C(=O)O)OC[C@H](c1ccc(OCc2ccc(Cl)c(Cl)c2)cc1)O3. The number of carboxylic acid groups (broad SMARTS) is 1. The highest BCUT2D eigenvalue weighted by Gasteiger charge is 2.39. The van der Waals surface area contributed by atoms with Crippen molar-refractivity contribution in [1.82, 2.24) is 15.2 Å². The van der Waals surface area contributed by atoms with Gasteiger partial charge >= 0.3 is 5.97 Å². The summed E-state index contributed by atoms with van der Waals surface area (Å²) in [6.07, 6.45) is 2.69. The van der Waals surface area contributed by atoms with Crippen molar-refractivity contribution in [3.8, 4) is 28.4 Å². The minimum atomic E-state index is -1.13. The predicted octanol–water partition coefficient (Wildman–Crippen LogP) is 11.0. The molecule has 2 aliphatic rings. The molecular formula is C52H45Cl2N3O6. The number of hydrogen-bond donors (Lipinski definition) is 2.